The van der Waals surface area contributed by atoms with Gasteiger partial charge in [-0.1, -0.05) is 13.8 Å². The van der Waals surface area contributed by atoms with Crippen molar-refractivity contribution in [3.63, 3.8) is 0 Å². The van der Waals surface area contributed by atoms with Crippen LogP contribution in [0.3, 0.4) is 0 Å². The molecule has 0 aromatic carbocycles. The second-order valence-electron chi connectivity index (χ2n) is 5.39. The lowest BCUT2D eigenvalue weighted by molar-refractivity contribution is 0.748. The Labute approximate surface area is 129 Å². The fourth-order valence-corrected chi connectivity index (χ4v) is 2.99. The second-order valence-corrected chi connectivity index (χ2v) is 6.39. The molecule has 6 heteroatoms. The average Bonchev–Trinajstić information content (AvgIpc) is 2.39. The Balaban J connectivity index is 2.45. The number of aryl methyl sites for hydroxylation is 2. The van der Waals surface area contributed by atoms with Gasteiger partial charge in [0.2, 0.25) is 0 Å². The van der Waals surface area contributed by atoms with Gasteiger partial charge >= 0.3 is 0 Å². The van der Waals surface area contributed by atoms with E-state index >= 15 is 0 Å². The maximum Gasteiger partial charge on any atom is 0.147 e. The Morgan fingerprint density at radius 1 is 1.10 bits per heavy atom. The van der Waals surface area contributed by atoms with E-state index in [1.54, 1.807) is 11.8 Å². The molecule has 0 atom stereocenters. The summed E-state index contributed by atoms with van der Waals surface area (Å²) in [6.07, 6.45) is 0. The number of nitrogen functional groups attached to an aromatic ring is 1. The summed E-state index contributed by atoms with van der Waals surface area (Å²) in [5, 5.41) is 1.83. The minimum Gasteiger partial charge on any atom is -0.308 e. The molecule has 0 bridgehead atoms. The smallest absolute Gasteiger partial charge is 0.147 e. The summed E-state index contributed by atoms with van der Waals surface area (Å²) in [4.78, 5) is 13.6. The lowest BCUT2D eigenvalue weighted by Gasteiger charge is -2.13. The number of pyridine rings is 1. The molecule has 0 unspecified atom stereocenters. The number of nitrogens with two attached hydrogens (primary N) is 1. The maximum atomic E-state index is 5.57. The lowest BCUT2D eigenvalue weighted by Crippen LogP contribution is -2.13. The van der Waals surface area contributed by atoms with Crippen molar-refractivity contribution >= 4 is 17.6 Å². The molecule has 0 aliphatic heterocycles. The van der Waals surface area contributed by atoms with Gasteiger partial charge in [-0.3, -0.25) is 0 Å². The van der Waals surface area contributed by atoms with E-state index in [1.165, 1.54) is 5.56 Å². The molecule has 2 aromatic heterocycles. The third-order valence-electron chi connectivity index (χ3n) is 3.05. The van der Waals surface area contributed by atoms with Crippen molar-refractivity contribution in [1.29, 1.82) is 0 Å². The number of nitrogens with one attached hydrogen (secondary N) is 1. The van der Waals surface area contributed by atoms with Crippen molar-refractivity contribution in [3.8, 4) is 0 Å². The highest BCUT2D eigenvalue weighted by molar-refractivity contribution is 7.99. The van der Waals surface area contributed by atoms with Gasteiger partial charge in [0.15, 0.2) is 0 Å². The van der Waals surface area contributed by atoms with Gasteiger partial charge in [-0.25, -0.2) is 20.8 Å². The van der Waals surface area contributed by atoms with Crippen LogP contribution in [0.5, 0.6) is 0 Å². The van der Waals surface area contributed by atoms with Crippen molar-refractivity contribution in [2.24, 2.45) is 5.84 Å². The van der Waals surface area contributed by atoms with E-state index in [2.05, 4.69) is 53.3 Å². The average molecular weight is 303 g/mol. The van der Waals surface area contributed by atoms with E-state index in [-0.39, 0.29) is 5.92 Å². The Morgan fingerprint density at radius 3 is 2.38 bits per heavy atom. The second kappa shape index (κ2) is 6.41. The fourth-order valence-electron chi connectivity index (χ4n) is 1.97. The number of hydrogen-bond donors (Lipinski definition) is 2. The number of aromatic nitrogens is 3. The Hall–Kier alpha value is -1.66. The van der Waals surface area contributed by atoms with Gasteiger partial charge in [0.05, 0.1) is 0 Å². The van der Waals surface area contributed by atoms with Crippen molar-refractivity contribution in [2.75, 3.05) is 5.43 Å². The summed E-state index contributed by atoms with van der Waals surface area (Å²) < 4.78 is 0. The summed E-state index contributed by atoms with van der Waals surface area (Å²) in [7, 11) is 0. The zero-order valence-corrected chi connectivity index (χ0v) is 13.9. The molecule has 0 amide bonds. The zero-order chi connectivity index (χ0) is 15.6. The molecule has 0 aliphatic rings. The van der Waals surface area contributed by atoms with Crippen LogP contribution in [0.2, 0.25) is 0 Å². The highest BCUT2D eigenvalue weighted by Gasteiger charge is 2.14. The Morgan fingerprint density at radius 2 is 1.81 bits per heavy atom. The summed E-state index contributed by atoms with van der Waals surface area (Å²) >= 11 is 1.55. The van der Waals surface area contributed by atoms with Gasteiger partial charge in [0.1, 0.15) is 21.7 Å². The quantitative estimate of drug-likeness (QED) is 0.512. The first-order chi connectivity index (χ1) is 9.90. The van der Waals surface area contributed by atoms with Crippen LogP contribution < -0.4 is 11.3 Å². The number of anilines is 1. The monoisotopic (exact) mass is 303 g/mol. The Kier molecular flexibility index (Phi) is 4.80. The van der Waals surface area contributed by atoms with Crippen molar-refractivity contribution < 1.29 is 0 Å². The zero-order valence-electron chi connectivity index (χ0n) is 13.1. The first kappa shape index (κ1) is 15.7. The molecule has 2 rings (SSSR count). The van der Waals surface area contributed by atoms with Gasteiger partial charge in [-0.15, -0.1) is 0 Å². The molecule has 2 aromatic rings. The van der Waals surface area contributed by atoms with Crippen LogP contribution in [0.4, 0.5) is 5.82 Å². The maximum absolute atomic E-state index is 5.57. The first-order valence-corrected chi connectivity index (χ1v) is 7.70. The van der Waals surface area contributed by atoms with E-state index in [1.807, 2.05) is 13.8 Å². The topological polar surface area (TPSA) is 76.7 Å². The molecule has 21 heavy (non-hydrogen) atoms. The van der Waals surface area contributed by atoms with Crippen molar-refractivity contribution in [3.05, 3.63) is 34.8 Å². The standard InChI is InChI=1S/C15H21N5S/c1-8(2)13-18-14(20-16)11(5)15(19-13)21-12-7-9(3)6-10(4)17-12/h6-8H,16H2,1-5H3,(H,18,19,20). The van der Waals surface area contributed by atoms with E-state index in [0.29, 0.717) is 5.82 Å². The molecule has 0 fully saturated rings. The van der Waals surface area contributed by atoms with Crippen LogP contribution in [-0.4, -0.2) is 15.0 Å². The third kappa shape index (κ3) is 3.71. The van der Waals surface area contributed by atoms with E-state index in [0.717, 1.165) is 27.1 Å². The highest BCUT2D eigenvalue weighted by Crippen LogP contribution is 2.31. The van der Waals surface area contributed by atoms with Crippen LogP contribution in [0.15, 0.2) is 22.2 Å². The number of rotatable bonds is 4. The summed E-state index contributed by atoms with van der Waals surface area (Å²) in [5.74, 6) is 7.25. The number of hydrazine groups is 1. The summed E-state index contributed by atoms with van der Waals surface area (Å²) in [6.45, 7) is 10.2. The Bertz CT molecular complexity index is 635. The molecule has 2 heterocycles. The van der Waals surface area contributed by atoms with Gasteiger partial charge in [-0.2, -0.15) is 0 Å². The highest BCUT2D eigenvalue weighted by atomic mass is 32.2. The van der Waals surface area contributed by atoms with Gasteiger partial charge in [0.25, 0.3) is 0 Å². The minimum absolute atomic E-state index is 0.240. The van der Waals surface area contributed by atoms with E-state index in [9.17, 15) is 0 Å². The lowest BCUT2D eigenvalue weighted by atomic mass is 10.2. The van der Waals surface area contributed by atoms with E-state index in [4.69, 9.17) is 5.84 Å². The van der Waals surface area contributed by atoms with Crippen LogP contribution in [0.25, 0.3) is 0 Å². The van der Waals surface area contributed by atoms with Crippen LogP contribution >= 0.6 is 11.8 Å². The first-order valence-electron chi connectivity index (χ1n) is 6.89. The van der Waals surface area contributed by atoms with Gasteiger partial charge in [0, 0.05) is 17.2 Å². The predicted molar refractivity (Wildman–Crippen MR) is 86.5 cm³/mol. The molecular formula is C15H21N5S. The number of hydrogen-bond acceptors (Lipinski definition) is 6. The van der Waals surface area contributed by atoms with Crippen molar-refractivity contribution in [1.82, 2.24) is 15.0 Å². The molecule has 3 N–H and O–H groups in total. The molecule has 0 aliphatic carbocycles. The largest absolute Gasteiger partial charge is 0.308 e. The van der Waals surface area contributed by atoms with Crippen LogP contribution in [-0.2, 0) is 0 Å². The molecule has 5 nitrogen and oxygen atoms in total. The van der Waals surface area contributed by atoms with Gasteiger partial charge in [-0.05, 0) is 50.2 Å². The molecular weight excluding hydrogens is 282 g/mol. The fraction of sp³-hybridized carbons (Fsp3) is 0.400. The van der Waals surface area contributed by atoms with Gasteiger partial charge < -0.3 is 5.43 Å². The third-order valence-corrected chi connectivity index (χ3v) is 4.06. The molecule has 0 spiro atoms. The molecule has 0 radical (unpaired) electrons. The van der Waals surface area contributed by atoms with Crippen LogP contribution in [0.1, 0.15) is 42.4 Å². The summed E-state index contributed by atoms with van der Waals surface area (Å²) in [5.41, 5.74) is 5.79. The molecule has 112 valence electrons. The van der Waals surface area contributed by atoms with Crippen molar-refractivity contribution in [2.45, 2.75) is 50.6 Å². The molecule has 0 saturated heterocycles. The SMILES string of the molecule is Cc1cc(C)nc(Sc2nc(C(C)C)nc(NN)c2C)c1. The minimum atomic E-state index is 0.240. The predicted octanol–water partition coefficient (Wildman–Crippen LogP) is 3.36. The van der Waals surface area contributed by atoms with Crippen LogP contribution in [0, 0.1) is 20.8 Å². The van der Waals surface area contributed by atoms with E-state index < -0.39 is 0 Å². The number of nitrogens with zero attached hydrogens (tertiary/aromatic N) is 3. The molecule has 0 saturated carbocycles. The normalized spacial score (nSPS) is 11.0. The summed E-state index contributed by atoms with van der Waals surface area (Å²) in [6, 6.07) is 4.12.